The predicted molar refractivity (Wildman–Crippen MR) is 174 cm³/mol. The number of benzene rings is 4. The first kappa shape index (κ1) is 34.8. The molecule has 0 unspecified atom stereocenters. The number of ether oxygens (including phenoxy) is 1. The Kier molecular flexibility index (Phi) is 11.3. The number of halogens is 3. The number of Topliss-reactive ketones (excluding diaryl/α,β-unsaturated/α-hetero) is 1. The van der Waals surface area contributed by atoms with Crippen molar-refractivity contribution < 1.29 is 35.9 Å². The van der Waals surface area contributed by atoms with Gasteiger partial charge in [-0.05, 0) is 77.6 Å². The monoisotopic (exact) mass is 679 g/mol. The van der Waals surface area contributed by atoms with Crippen molar-refractivity contribution in [2.24, 2.45) is 0 Å². The van der Waals surface area contributed by atoms with Gasteiger partial charge < -0.3 is 15.4 Å². The normalized spacial score (nSPS) is 16.0. The van der Waals surface area contributed by atoms with Crippen molar-refractivity contribution >= 4 is 21.9 Å². The van der Waals surface area contributed by atoms with Crippen molar-refractivity contribution in [2.75, 3.05) is 26.7 Å². The Labute approximate surface area is 278 Å². The van der Waals surface area contributed by atoms with Crippen LogP contribution >= 0.6 is 0 Å². The number of methoxy groups -OCH3 is 1. The summed E-state index contributed by atoms with van der Waals surface area (Å²) in [5, 5.41) is 5.76. The van der Waals surface area contributed by atoms with E-state index >= 15 is 4.39 Å². The number of hydrogen-bond acceptors (Lipinski definition) is 6. The summed E-state index contributed by atoms with van der Waals surface area (Å²) >= 11 is 0. The van der Waals surface area contributed by atoms with E-state index in [1.165, 1.54) is 65.0 Å². The molecule has 12 heteroatoms. The lowest BCUT2D eigenvalue weighted by atomic mass is 9.81. The van der Waals surface area contributed by atoms with Gasteiger partial charge in [0.1, 0.15) is 23.5 Å². The maximum atomic E-state index is 15.5. The lowest BCUT2D eigenvalue weighted by Crippen LogP contribution is -2.53. The van der Waals surface area contributed by atoms with Crippen LogP contribution in [0.3, 0.4) is 0 Å². The number of carbonyl (C=O) groups is 2. The van der Waals surface area contributed by atoms with E-state index < -0.39 is 57.4 Å². The molecule has 8 nitrogen and oxygen atoms in total. The van der Waals surface area contributed by atoms with Crippen molar-refractivity contribution in [1.29, 1.82) is 0 Å². The first-order valence-electron chi connectivity index (χ1n) is 15.5. The molecule has 1 fully saturated rings. The first-order valence-corrected chi connectivity index (χ1v) is 16.9. The molecule has 0 saturated carbocycles. The van der Waals surface area contributed by atoms with Crippen molar-refractivity contribution in [3.63, 3.8) is 0 Å². The van der Waals surface area contributed by atoms with Crippen LogP contribution in [0.15, 0.2) is 102 Å². The molecule has 0 spiro atoms. The fourth-order valence-electron chi connectivity index (χ4n) is 6.20. The maximum absolute atomic E-state index is 15.5. The Hall–Kier alpha value is -4.52. The molecule has 1 aliphatic heterocycles. The van der Waals surface area contributed by atoms with Gasteiger partial charge in [-0.1, -0.05) is 54.6 Å². The molecule has 48 heavy (non-hydrogen) atoms. The molecule has 0 radical (unpaired) electrons. The first-order chi connectivity index (χ1) is 23.1. The van der Waals surface area contributed by atoms with Crippen molar-refractivity contribution in [3.05, 3.63) is 137 Å². The number of piperazine rings is 1. The molecular weight excluding hydrogens is 643 g/mol. The molecule has 4 aromatic carbocycles. The molecule has 0 aromatic heterocycles. The third-order valence-electron chi connectivity index (χ3n) is 8.51. The summed E-state index contributed by atoms with van der Waals surface area (Å²) < 4.78 is 77.6. The molecule has 2 atom stereocenters. The van der Waals surface area contributed by atoms with Gasteiger partial charge >= 0.3 is 6.09 Å². The zero-order valence-electron chi connectivity index (χ0n) is 26.2. The second-order valence-electron chi connectivity index (χ2n) is 11.5. The van der Waals surface area contributed by atoms with Crippen LogP contribution in [0.1, 0.15) is 34.6 Å². The van der Waals surface area contributed by atoms with Crippen LogP contribution in [0.25, 0.3) is 0 Å². The molecule has 2 N–H and O–H groups in total. The fraction of sp³-hybridized carbons (Fsp3) is 0.278. The van der Waals surface area contributed by atoms with E-state index in [1.54, 1.807) is 36.4 Å². The Morgan fingerprint density at radius 3 is 2.19 bits per heavy atom. The van der Waals surface area contributed by atoms with E-state index in [0.717, 1.165) is 7.11 Å². The van der Waals surface area contributed by atoms with Crippen LogP contribution in [0.2, 0.25) is 0 Å². The Balaban J connectivity index is 1.44. The summed E-state index contributed by atoms with van der Waals surface area (Å²) in [6.07, 6.45) is -0.887. The molecule has 0 bridgehead atoms. The number of carbonyl (C=O) groups excluding carboxylic acids is 2. The van der Waals surface area contributed by atoms with E-state index in [2.05, 4.69) is 10.6 Å². The summed E-state index contributed by atoms with van der Waals surface area (Å²) in [5.74, 6) is -3.33. The highest BCUT2D eigenvalue weighted by atomic mass is 32.2. The topological polar surface area (TPSA) is 105 Å². The number of nitrogens with one attached hydrogen (secondary N) is 2. The predicted octanol–water partition coefficient (Wildman–Crippen LogP) is 5.37. The number of rotatable bonds is 12. The molecular formula is C36H36F3N3O5S. The number of ketones is 1. The second kappa shape index (κ2) is 15.6. The summed E-state index contributed by atoms with van der Waals surface area (Å²) in [5.41, 5.74) is 1.19. The molecule has 252 valence electrons. The number of amides is 1. The van der Waals surface area contributed by atoms with Crippen molar-refractivity contribution in [1.82, 2.24) is 14.9 Å². The summed E-state index contributed by atoms with van der Waals surface area (Å²) in [6.45, 7) is 1.07. The van der Waals surface area contributed by atoms with Gasteiger partial charge in [-0.25, -0.2) is 26.4 Å². The average Bonchev–Trinajstić information content (AvgIpc) is 3.08. The zero-order valence-corrected chi connectivity index (χ0v) is 27.1. The molecule has 1 saturated heterocycles. The zero-order chi connectivity index (χ0) is 34.3. The molecule has 1 amide bonds. The van der Waals surface area contributed by atoms with Crippen molar-refractivity contribution in [2.45, 2.75) is 42.2 Å². The number of alkyl carbamates (subject to hydrolysis) is 1. The van der Waals surface area contributed by atoms with E-state index in [0.29, 0.717) is 29.8 Å². The van der Waals surface area contributed by atoms with E-state index in [9.17, 15) is 26.8 Å². The van der Waals surface area contributed by atoms with Crippen molar-refractivity contribution in [3.8, 4) is 0 Å². The summed E-state index contributed by atoms with van der Waals surface area (Å²) in [4.78, 5) is 26.9. The van der Waals surface area contributed by atoms with E-state index in [-0.39, 0.29) is 36.3 Å². The largest absolute Gasteiger partial charge is 0.453 e. The number of sulfonamides is 1. The fourth-order valence-corrected chi connectivity index (χ4v) is 7.88. The van der Waals surface area contributed by atoms with Gasteiger partial charge in [0.25, 0.3) is 0 Å². The highest BCUT2D eigenvalue weighted by Crippen LogP contribution is 2.31. The van der Waals surface area contributed by atoms with Crippen LogP contribution in [-0.4, -0.2) is 63.4 Å². The average molecular weight is 680 g/mol. The number of hydrogen-bond donors (Lipinski definition) is 2. The van der Waals surface area contributed by atoms with Crippen LogP contribution < -0.4 is 10.6 Å². The van der Waals surface area contributed by atoms with Crippen LogP contribution in [0.5, 0.6) is 0 Å². The quantitative estimate of drug-likeness (QED) is 0.209. The van der Waals surface area contributed by atoms with Crippen LogP contribution in [0.4, 0.5) is 18.0 Å². The number of nitrogens with zero attached hydrogens (tertiary/aromatic N) is 1. The van der Waals surface area contributed by atoms with Gasteiger partial charge in [-0.3, -0.25) is 4.79 Å². The van der Waals surface area contributed by atoms with E-state index in [1.807, 2.05) is 0 Å². The van der Waals surface area contributed by atoms with Gasteiger partial charge in [0, 0.05) is 38.0 Å². The maximum Gasteiger partial charge on any atom is 0.407 e. The highest BCUT2D eigenvalue weighted by molar-refractivity contribution is 7.89. The minimum atomic E-state index is -3.81. The van der Waals surface area contributed by atoms with E-state index in [4.69, 9.17) is 4.74 Å². The third kappa shape index (κ3) is 8.12. The molecule has 0 aliphatic carbocycles. The SMILES string of the molecule is COC(=O)N[C@H](C(=O)Cc1cccc(F)c1CC[C@H]1CNCCN1S(=O)(=O)c1ccccc1)C(c1cccc(F)c1)c1cccc(F)c1. The third-order valence-corrected chi connectivity index (χ3v) is 10.5. The van der Waals surface area contributed by atoms with Crippen LogP contribution in [0, 0.1) is 17.5 Å². The minimum Gasteiger partial charge on any atom is -0.453 e. The highest BCUT2D eigenvalue weighted by Gasteiger charge is 2.35. The van der Waals surface area contributed by atoms with Gasteiger partial charge in [0.15, 0.2) is 5.78 Å². The second-order valence-corrected chi connectivity index (χ2v) is 13.4. The molecule has 1 aliphatic rings. The lowest BCUT2D eigenvalue weighted by molar-refractivity contribution is -0.120. The van der Waals surface area contributed by atoms with Gasteiger partial charge in [0.2, 0.25) is 10.0 Å². The van der Waals surface area contributed by atoms with Gasteiger partial charge in [0.05, 0.1) is 12.0 Å². The smallest absolute Gasteiger partial charge is 0.407 e. The molecule has 4 aromatic rings. The standard InChI is InChI=1S/C36H36F3N3O5S/c1-47-36(44)41-35(34(25-9-5-11-27(37)20-25)26-10-6-12-28(38)21-26)33(43)22-24-8-7-15-32(39)31(24)17-16-29-23-40-18-19-42(29)48(45,46)30-13-3-2-4-14-30/h2-15,20-21,29,34-35,40H,16-19,22-23H2,1H3,(H,41,44)/t29-,35+/m0/s1. The van der Waals surface area contributed by atoms with Gasteiger partial charge in [-0.2, -0.15) is 4.31 Å². The minimum absolute atomic E-state index is 0.120. The Bertz CT molecular complexity index is 1810. The van der Waals surface area contributed by atoms with Gasteiger partial charge in [-0.15, -0.1) is 0 Å². The summed E-state index contributed by atoms with van der Waals surface area (Å²) in [7, 11) is -2.68. The van der Waals surface area contributed by atoms with Crippen LogP contribution in [-0.2, 0) is 32.4 Å². The Morgan fingerprint density at radius 1 is 0.917 bits per heavy atom. The molecule has 1 heterocycles. The lowest BCUT2D eigenvalue weighted by Gasteiger charge is -2.35. The summed E-state index contributed by atoms with van der Waals surface area (Å²) in [6, 6.07) is 21.5. The Morgan fingerprint density at radius 2 is 1.56 bits per heavy atom. The molecule has 5 rings (SSSR count).